The molecule has 1 atom stereocenters. The van der Waals surface area contributed by atoms with Crippen LogP contribution in [-0.2, 0) is 0 Å². The van der Waals surface area contributed by atoms with Crippen molar-refractivity contribution >= 4 is 43.6 Å². The second kappa shape index (κ2) is 6.39. The predicted molar refractivity (Wildman–Crippen MR) is 119 cm³/mol. The Hall–Kier alpha value is -3.71. The first-order valence-electron chi connectivity index (χ1n) is 9.84. The van der Waals surface area contributed by atoms with Crippen LogP contribution in [0.25, 0.3) is 21.2 Å². The number of hydrogen-bond donors (Lipinski definition) is 0. The van der Waals surface area contributed by atoms with E-state index in [4.69, 9.17) is 8.83 Å². The van der Waals surface area contributed by atoms with Crippen LogP contribution in [0.5, 0.6) is 0 Å². The lowest BCUT2D eigenvalue weighted by Gasteiger charge is -2.20. The summed E-state index contributed by atoms with van der Waals surface area (Å²) in [6.07, 6.45) is 0. The van der Waals surface area contributed by atoms with Crippen molar-refractivity contribution in [2.45, 2.75) is 19.9 Å². The van der Waals surface area contributed by atoms with Gasteiger partial charge in [-0.05, 0) is 55.8 Å². The van der Waals surface area contributed by atoms with Crippen molar-refractivity contribution in [2.75, 3.05) is 4.90 Å². The van der Waals surface area contributed by atoms with Crippen molar-refractivity contribution in [1.29, 1.82) is 0 Å². The standard InChI is InChI=1S/C24H16N2O4S/c1-12-7-9-15-18(11-12)31-24(25-15)26-20(17-10-8-13(2)29-17)19-21(27)14-5-3-4-6-16(14)30-22(19)23(26)28/h3-11,20H,1-2H3/t20-/m0/s1. The number of thiazole rings is 1. The van der Waals surface area contributed by atoms with Gasteiger partial charge in [0, 0.05) is 0 Å². The van der Waals surface area contributed by atoms with Gasteiger partial charge in [-0.3, -0.25) is 14.5 Å². The van der Waals surface area contributed by atoms with E-state index in [1.165, 1.54) is 16.2 Å². The van der Waals surface area contributed by atoms with Crippen LogP contribution in [0.2, 0.25) is 0 Å². The Morgan fingerprint density at radius 3 is 2.65 bits per heavy atom. The van der Waals surface area contributed by atoms with Gasteiger partial charge in [0.15, 0.2) is 10.6 Å². The van der Waals surface area contributed by atoms with Crippen LogP contribution < -0.4 is 10.3 Å². The summed E-state index contributed by atoms with van der Waals surface area (Å²) in [5.41, 5.74) is 2.35. The van der Waals surface area contributed by atoms with Crippen LogP contribution in [0.15, 0.2) is 68.2 Å². The van der Waals surface area contributed by atoms with Gasteiger partial charge < -0.3 is 8.83 Å². The van der Waals surface area contributed by atoms with E-state index in [0.717, 1.165) is 15.8 Å². The zero-order chi connectivity index (χ0) is 21.3. The summed E-state index contributed by atoms with van der Waals surface area (Å²) in [6.45, 7) is 3.84. The maximum atomic E-state index is 13.5. The van der Waals surface area contributed by atoms with E-state index in [1.807, 2.05) is 38.1 Å². The van der Waals surface area contributed by atoms with E-state index < -0.39 is 11.9 Å². The number of amides is 1. The summed E-state index contributed by atoms with van der Waals surface area (Å²) in [5.74, 6) is 0.842. The molecule has 0 radical (unpaired) electrons. The molecule has 1 aliphatic rings. The third kappa shape index (κ3) is 2.60. The van der Waals surface area contributed by atoms with Crippen LogP contribution in [0.3, 0.4) is 0 Å². The Kier molecular flexibility index (Phi) is 3.73. The molecule has 0 saturated heterocycles. The van der Waals surface area contributed by atoms with Crippen LogP contribution in [0, 0.1) is 13.8 Å². The summed E-state index contributed by atoms with van der Waals surface area (Å²) >= 11 is 1.41. The zero-order valence-corrected chi connectivity index (χ0v) is 17.5. The Morgan fingerprint density at radius 2 is 1.84 bits per heavy atom. The molecule has 1 aliphatic heterocycles. The van der Waals surface area contributed by atoms with Crippen LogP contribution >= 0.6 is 11.3 Å². The Bertz CT molecular complexity index is 1580. The number of aryl methyl sites for hydroxylation is 2. The molecule has 5 aromatic rings. The van der Waals surface area contributed by atoms with Crippen LogP contribution in [0.1, 0.15) is 39.2 Å². The van der Waals surface area contributed by atoms with E-state index in [2.05, 4.69) is 4.98 Å². The zero-order valence-electron chi connectivity index (χ0n) is 16.7. The highest BCUT2D eigenvalue weighted by Gasteiger charge is 2.46. The summed E-state index contributed by atoms with van der Waals surface area (Å²) < 4.78 is 12.8. The van der Waals surface area contributed by atoms with Crippen molar-refractivity contribution in [2.24, 2.45) is 0 Å². The molecule has 2 aromatic carbocycles. The third-order valence-electron chi connectivity index (χ3n) is 5.55. The molecule has 7 heteroatoms. The van der Waals surface area contributed by atoms with Crippen molar-refractivity contribution in [1.82, 2.24) is 4.98 Å². The number of furan rings is 1. The normalized spacial score (nSPS) is 15.9. The van der Waals surface area contributed by atoms with Crippen molar-refractivity contribution in [3.05, 3.63) is 93.2 Å². The Labute approximate surface area is 180 Å². The first kappa shape index (κ1) is 18.1. The number of aromatic nitrogens is 1. The number of fused-ring (bicyclic) bond motifs is 3. The number of anilines is 1. The van der Waals surface area contributed by atoms with E-state index in [-0.39, 0.29) is 16.8 Å². The summed E-state index contributed by atoms with van der Waals surface area (Å²) in [6, 6.07) is 15.8. The van der Waals surface area contributed by atoms with Gasteiger partial charge in [0.05, 0.1) is 21.2 Å². The molecule has 0 unspecified atom stereocenters. The molecule has 0 fully saturated rings. The maximum Gasteiger partial charge on any atom is 0.297 e. The molecular weight excluding hydrogens is 412 g/mol. The molecule has 4 heterocycles. The topological polar surface area (TPSA) is 76.6 Å². The first-order valence-corrected chi connectivity index (χ1v) is 10.7. The highest BCUT2D eigenvalue weighted by atomic mass is 32.1. The second-order valence-corrected chi connectivity index (χ2v) is 8.67. The van der Waals surface area contributed by atoms with Crippen LogP contribution in [-0.4, -0.2) is 10.9 Å². The minimum absolute atomic E-state index is 0.0400. The predicted octanol–water partition coefficient (Wildman–Crippen LogP) is 5.36. The number of benzene rings is 2. The molecular formula is C24H16N2O4S. The van der Waals surface area contributed by atoms with E-state index in [1.54, 1.807) is 30.3 Å². The van der Waals surface area contributed by atoms with Crippen LogP contribution in [0.4, 0.5) is 5.13 Å². The fourth-order valence-corrected chi connectivity index (χ4v) is 5.20. The molecule has 0 spiro atoms. The molecule has 0 aliphatic carbocycles. The smallest absolute Gasteiger partial charge is 0.297 e. The van der Waals surface area contributed by atoms with E-state index in [9.17, 15) is 9.59 Å². The number of para-hydroxylation sites is 1. The molecule has 0 saturated carbocycles. The fourth-order valence-electron chi connectivity index (χ4n) is 4.11. The first-order chi connectivity index (χ1) is 15.0. The highest BCUT2D eigenvalue weighted by molar-refractivity contribution is 7.22. The van der Waals surface area contributed by atoms with Gasteiger partial charge >= 0.3 is 0 Å². The highest BCUT2D eigenvalue weighted by Crippen LogP contribution is 2.44. The molecule has 6 nitrogen and oxygen atoms in total. The number of carbonyl (C=O) groups excluding carboxylic acids is 1. The molecule has 31 heavy (non-hydrogen) atoms. The van der Waals surface area contributed by atoms with Gasteiger partial charge in [-0.2, -0.15) is 0 Å². The van der Waals surface area contributed by atoms with E-state index in [0.29, 0.717) is 27.6 Å². The SMILES string of the molecule is Cc1ccc2nc(N3C(=O)c4oc5ccccc5c(=O)c4[C@@H]3c3ccc(C)o3)sc2c1. The second-order valence-electron chi connectivity index (χ2n) is 7.66. The molecule has 1 amide bonds. The van der Waals surface area contributed by atoms with Crippen molar-refractivity contribution in [3.8, 4) is 0 Å². The number of nitrogens with zero attached hydrogens (tertiary/aromatic N) is 2. The lowest BCUT2D eigenvalue weighted by Crippen LogP contribution is -2.29. The van der Waals surface area contributed by atoms with Gasteiger partial charge in [-0.25, -0.2) is 4.98 Å². The minimum atomic E-state index is -0.737. The van der Waals surface area contributed by atoms with Gasteiger partial charge in [-0.1, -0.05) is 29.5 Å². The molecule has 0 bridgehead atoms. The quantitative estimate of drug-likeness (QED) is 0.378. The maximum absolute atomic E-state index is 13.5. The van der Waals surface area contributed by atoms with Gasteiger partial charge in [0.25, 0.3) is 5.91 Å². The average molecular weight is 428 g/mol. The lowest BCUT2D eigenvalue weighted by atomic mass is 10.0. The minimum Gasteiger partial charge on any atom is -0.464 e. The lowest BCUT2D eigenvalue weighted by molar-refractivity contribution is 0.0969. The van der Waals surface area contributed by atoms with Gasteiger partial charge in [0.2, 0.25) is 5.76 Å². The van der Waals surface area contributed by atoms with Gasteiger partial charge in [-0.15, -0.1) is 0 Å². The third-order valence-corrected chi connectivity index (χ3v) is 6.56. The molecule has 152 valence electrons. The average Bonchev–Trinajstić information content (AvgIpc) is 3.44. The molecule has 0 N–H and O–H groups in total. The van der Waals surface area contributed by atoms with Crippen molar-refractivity contribution in [3.63, 3.8) is 0 Å². The Balaban J connectivity index is 1.64. The summed E-state index contributed by atoms with van der Waals surface area (Å²) in [4.78, 5) is 33.2. The van der Waals surface area contributed by atoms with E-state index >= 15 is 0 Å². The van der Waals surface area contributed by atoms with Crippen molar-refractivity contribution < 1.29 is 13.6 Å². The number of carbonyl (C=O) groups is 1. The number of rotatable bonds is 2. The Morgan fingerprint density at radius 1 is 1.00 bits per heavy atom. The molecule has 3 aromatic heterocycles. The largest absolute Gasteiger partial charge is 0.464 e. The summed E-state index contributed by atoms with van der Waals surface area (Å²) in [7, 11) is 0. The molecule has 6 rings (SSSR count). The monoisotopic (exact) mass is 428 g/mol. The summed E-state index contributed by atoms with van der Waals surface area (Å²) in [5, 5.41) is 0.934. The number of hydrogen-bond acceptors (Lipinski definition) is 6. The fraction of sp³-hybridized carbons (Fsp3) is 0.125. The van der Waals surface area contributed by atoms with Gasteiger partial charge in [0.1, 0.15) is 23.1 Å².